The van der Waals surface area contributed by atoms with Crippen LogP contribution in [0, 0.1) is 6.92 Å². The number of ketones is 1. The van der Waals surface area contributed by atoms with Crippen molar-refractivity contribution in [1.82, 2.24) is 0 Å². The maximum absolute atomic E-state index is 12.9. The maximum Gasteiger partial charge on any atom is 0.192 e. The Kier molecular flexibility index (Phi) is 9.14. The molecule has 1 aliphatic rings. The molecule has 1 heterocycles. The largest absolute Gasteiger partial charge is 0.494 e. The quantitative estimate of drug-likeness (QED) is 0.368. The zero-order valence-electron chi connectivity index (χ0n) is 18.5. The molecule has 34 heavy (non-hydrogen) atoms. The molecule has 186 valence electrons. The Hall–Kier alpha value is -1.95. The van der Waals surface area contributed by atoms with E-state index >= 15 is 0 Å². The average Bonchev–Trinajstić information content (AvgIpc) is 2.83. The van der Waals surface area contributed by atoms with Gasteiger partial charge in [0.1, 0.15) is 42.7 Å². The second-order valence-electron chi connectivity index (χ2n) is 7.74. The van der Waals surface area contributed by atoms with Gasteiger partial charge in [0.05, 0.1) is 24.3 Å². The van der Waals surface area contributed by atoms with Crippen LogP contribution in [-0.2, 0) is 16.1 Å². The van der Waals surface area contributed by atoms with Gasteiger partial charge in [0.2, 0.25) is 0 Å². The maximum atomic E-state index is 12.9. The predicted octanol–water partition coefficient (Wildman–Crippen LogP) is 1.89. The van der Waals surface area contributed by atoms with Crippen molar-refractivity contribution in [3.8, 4) is 11.5 Å². The normalized spacial score (nSPS) is 24.6. The zero-order chi connectivity index (χ0) is 25.0. The summed E-state index contributed by atoms with van der Waals surface area (Å²) in [4.78, 5) is 12.9. The van der Waals surface area contributed by atoms with E-state index in [-0.39, 0.29) is 40.3 Å². The van der Waals surface area contributed by atoms with E-state index in [0.717, 1.165) is 5.56 Å². The Bertz CT molecular complexity index is 1000. The molecule has 0 radical (unpaired) electrons. The SMILES string of the molecule is COc1c(Cl)c(OCc2ccccc2)c(Cl)c(C)c1C(=O)COC[C@H]1O[C@H](O)[C@H](O)[C@@H](O)[C@@H]1O. The van der Waals surface area contributed by atoms with Crippen LogP contribution in [0.1, 0.15) is 21.5 Å². The molecule has 0 aromatic heterocycles. The second kappa shape index (κ2) is 11.7. The number of hydrogen-bond acceptors (Lipinski definition) is 9. The van der Waals surface area contributed by atoms with Gasteiger partial charge in [-0.15, -0.1) is 0 Å². The molecule has 5 atom stereocenters. The third-order valence-electron chi connectivity index (χ3n) is 5.44. The van der Waals surface area contributed by atoms with Gasteiger partial charge in [-0.25, -0.2) is 0 Å². The van der Waals surface area contributed by atoms with Crippen LogP contribution in [0.15, 0.2) is 30.3 Å². The van der Waals surface area contributed by atoms with Crippen molar-refractivity contribution in [1.29, 1.82) is 0 Å². The Labute approximate surface area is 206 Å². The lowest BCUT2D eigenvalue weighted by Gasteiger charge is -2.38. The molecule has 0 aliphatic carbocycles. The number of benzene rings is 2. The summed E-state index contributed by atoms with van der Waals surface area (Å²) in [6, 6.07) is 9.39. The van der Waals surface area contributed by atoms with E-state index in [1.54, 1.807) is 6.92 Å². The summed E-state index contributed by atoms with van der Waals surface area (Å²) >= 11 is 12.9. The number of Topliss-reactive ketones (excluding diaryl/α,β-unsaturated/α-hetero) is 1. The van der Waals surface area contributed by atoms with Crippen LogP contribution < -0.4 is 9.47 Å². The van der Waals surface area contributed by atoms with E-state index < -0.39 is 43.1 Å². The topological polar surface area (TPSA) is 135 Å². The minimum Gasteiger partial charge on any atom is -0.494 e. The zero-order valence-corrected chi connectivity index (χ0v) is 20.0. The monoisotopic (exact) mass is 516 g/mol. The van der Waals surface area contributed by atoms with Crippen LogP contribution in [0.3, 0.4) is 0 Å². The van der Waals surface area contributed by atoms with Crippen molar-refractivity contribution in [3.63, 3.8) is 0 Å². The number of carbonyl (C=O) groups is 1. The summed E-state index contributed by atoms with van der Waals surface area (Å²) < 4.78 is 21.6. The fourth-order valence-corrected chi connectivity index (χ4v) is 4.16. The number of aliphatic hydroxyl groups is 4. The van der Waals surface area contributed by atoms with E-state index in [4.69, 9.17) is 42.1 Å². The lowest BCUT2D eigenvalue weighted by molar-refractivity contribution is -0.288. The first-order valence-electron chi connectivity index (χ1n) is 10.4. The van der Waals surface area contributed by atoms with Crippen molar-refractivity contribution in [2.24, 2.45) is 0 Å². The van der Waals surface area contributed by atoms with Crippen LogP contribution in [0.25, 0.3) is 0 Å². The summed E-state index contributed by atoms with van der Waals surface area (Å²) in [6.45, 7) is 1.02. The summed E-state index contributed by atoms with van der Waals surface area (Å²) in [5.74, 6) is -0.262. The molecule has 11 heteroatoms. The Morgan fingerprint density at radius 1 is 1.00 bits per heavy atom. The molecule has 2 aromatic carbocycles. The summed E-state index contributed by atoms with van der Waals surface area (Å²) in [6.07, 6.45) is -7.67. The molecule has 1 fully saturated rings. The Balaban J connectivity index is 1.72. The fourth-order valence-electron chi connectivity index (χ4n) is 3.55. The summed E-state index contributed by atoms with van der Waals surface area (Å²) in [5, 5.41) is 39.1. The molecule has 0 amide bonds. The van der Waals surface area contributed by atoms with E-state index in [9.17, 15) is 25.2 Å². The number of carbonyl (C=O) groups excluding carboxylic acids is 1. The third-order valence-corrected chi connectivity index (χ3v) is 6.24. The highest BCUT2D eigenvalue weighted by Gasteiger charge is 2.43. The van der Waals surface area contributed by atoms with Crippen molar-refractivity contribution >= 4 is 29.0 Å². The Morgan fingerprint density at radius 2 is 1.68 bits per heavy atom. The smallest absolute Gasteiger partial charge is 0.192 e. The van der Waals surface area contributed by atoms with Gasteiger partial charge in [-0.3, -0.25) is 4.79 Å². The lowest BCUT2D eigenvalue weighted by Crippen LogP contribution is -2.58. The fraction of sp³-hybridized carbons (Fsp3) is 0.435. The molecule has 0 saturated carbocycles. The molecule has 4 N–H and O–H groups in total. The summed E-state index contributed by atoms with van der Waals surface area (Å²) in [7, 11) is 1.35. The third kappa shape index (κ3) is 5.64. The standard InChI is InChI=1S/C23H26Cl2O9/c1-11-15(13(26)9-32-10-14-18(27)19(28)20(29)23(30)34-14)21(31-2)17(25)22(16(11)24)33-8-12-6-4-3-5-7-12/h3-7,14,18-20,23,27-30H,8-10H2,1-2H3/t14-,18-,19+,20-,23+/m1/s1. The van der Waals surface area contributed by atoms with Gasteiger partial charge in [0, 0.05) is 0 Å². The van der Waals surface area contributed by atoms with Gasteiger partial charge in [-0.1, -0.05) is 53.5 Å². The first-order valence-corrected chi connectivity index (χ1v) is 11.1. The minimum atomic E-state index is -1.70. The molecule has 1 saturated heterocycles. The van der Waals surface area contributed by atoms with Gasteiger partial charge >= 0.3 is 0 Å². The molecule has 3 rings (SSSR count). The first-order chi connectivity index (χ1) is 16.2. The number of methoxy groups -OCH3 is 1. The molecule has 0 spiro atoms. The Morgan fingerprint density at radius 3 is 2.32 bits per heavy atom. The number of aliphatic hydroxyl groups excluding tert-OH is 4. The highest BCUT2D eigenvalue weighted by molar-refractivity contribution is 6.39. The van der Waals surface area contributed by atoms with Crippen molar-refractivity contribution in [2.45, 2.75) is 44.2 Å². The van der Waals surface area contributed by atoms with Crippen LogP contribution in [0.4, 0.5) is 0 Å². The van der Waals surface area contributed by atoms with E-state index in [1.165, 1.54) is 7.11 Å². The molecule has 0 bridgehead atoms. The highest BCUT2D eigenvalue weighted by atomic mass is 35.5. The second-order valence-corrected chi connectivity index (χ2v) is 8.50. The lowest BCUT2D eigenvalue weighted by atomic mass is 9.99. The van der Waals surface area contributed by atoms with Crippen molar-refractivity contribution in [3.05, 3.63) is 57.1 Å². The van der Waals surface area contributed by atoms with Gasteiger partial charge in [0.25, 0.3) is 0 Å². The molecule has 2 aromatic rings. The van der Waals surface area contributed by atoms with Gasteiger partial charge in [-0.05, 0) is 18.1 Å². The minimum absolute atomic E-state index is 0.0312. The van der Waals surface area contributed by atoms with Crippen LogP contribution >= 0.6 is 23.2 Å². The van der Waals surface area contributed by atoms with E-state index in [0.29, 0.717) is 5.56 Å². The number of hydrogen-bond donors (Lipinski definition) is 4. The van der Waals surface area contributed by atoms with E-state index in [1.807, 2.05) is 30.3 Å². The predicted molar refractivity (Wildman–Crippen MR) is 123 cm³/mol. The van der Waals surface area contributed by atoms with Gasteiger partial charge in [0.15, 0.2) is 23.6 Å². The highest BCUT2D eigenvalue weighted by Crippen LogP contribution is 2.45. The van der Waals surface area contributed by atoms with Crippen molar-refractivity contribution in [2.75, 3.05) is 20.3 Å². The molecule has 0 unspecified atom stereocenters. The average molecular weight is 517 g/mol. The summed E-state index contributed by atoms with van der Waals surface area (Å²) in [5.41, 5.74) is 1.38. The number of rotatable bonds is 9. The van der Waals surface area contributed by atoms with Crippen molar-refractivity contribution < 1.29 is 44.2 Å². The van der Waals surface area contributed by atoms with E-state index in [2.05, 4.69) is 0 Å². The molecular formula is C23H26Cl2O9. The first kappa shape index (κ1) is 26.7. The van der Waals surface area contributed by atoms with Crippen LogP contribution in [-0.4, -0.2) is 77.2 Å². The number of ether oxygens (including phenoxy) is 4. The van der Waals surface area contributed by atoms with Gasteiger partial charge < -0.3 is 39.4 Å². The van der Waals surface area contributed by atoms with Crippen LogP contribution in [0.2, 0.25) is 10.0 Å². The van der Waals surface area contributed by atoms with Gasteiger partial charge in [-0.2, -0.15) is 0 Å². The molecule has 1 aliphatic heterocycles. The number of halogens is 2. The molecular weight excluding hydrogens is 491 g/mol. The molecule has 9 nitrogen and oxygen atoms in total. The van der Waals surface area contributed by atoms with Crippen LogP contribution in [0.5, 0.6) is 11.5 Å².